The monoisotopic (exact) mass is 243 g/mol. The van der Waals surface area contributed by atoms with Gasteiger partial charge in [0.2, 0.25) is 0 Å². The van der Waals surface area contributed by atoms with E-state index in [4.69, 9.17) is 0 Å². The fourth-order valence-corrected chi connectivity index (χ4v) is 3.76. The maximum atomic E-state index is 10.9. The average Bonchev–Trinajstić information content (AvgIpc) is 3.29. The first-order valence-corrected chi connectivity index (χ1v) is 7.28. The van der Waals surface area contributed by atoms with Crippen molar-refractivity contribution in [2.75, 3.05) is 13.1 Å². The third-order valence-electron chi connectivity index (χ3n) is 5.08. The van der Waals surface area contributed by atoms with E-state index in [1.807, 2.05) is 0 Å². The van der Waals surface area contributed by atoms with Crippen LogP contribution in [-0.4, -0.2) is 34.7 Å². The van der Waals surface area contributed by atoms with Gasteiger partial charge in [-0.1, -0.05) is 30.3 Å². The van der Waals surface area contributed by atoms with Gasteiger partial charge in [0.05, 0.1) is 5.60 Å². The Bertz CT molecular complexity index is 442. The van der Waals surface area contributed by atoms with E-state index in [2.05, 4.69) is 35.2 Å². The molecule has 2 saturated carbocycles. The molecule has 0 bridgehead atoms. The van der Waals surface area contributed by atoms with Crippen molar-refractivity contribution in [2.24, 2.45) is 5.92 Å². The Morgan fingerprint density at radius 3 is 2.67 bits per heavy atom. The largest absolute Gasteiger partial charge is 0.388 e. The van der Waals surface area contributed by atoms with E-state index < -0.39 is 5.60 Å². The highest BCUT2D eigenvalue weighted by Crippen LogP contribution is 2.56. The molecule has 0 radical (unpaired) electrons. The van der Waals surface area contributed by atoms with Crippen molar-refractivity contribution in [2.45, 2.75) is 43.2 Å². The summed E-state index contributed by atoms with van der Waals surface area (Å²) in [6.45, 7) is 2.03. The topological polar surface area (TPSA) is 23.5 Å². The summed E-state index contributed by atoms with van der Waals surface area (Å²) >= 11 is 0. The first-order valence-electron chi connectivity index (χ1n) is 7.28. The van der Waals surface area contributed by atoms with Gasteiger partial charge in [-0.05, 0) is 43.1 Å². The quantitative estimate of drug-likeness (QED) is 0.881. The molecule has 4 rings (SSSR count). The fourth-order valence-electron chi connectivity index (χ4n) is 3.76. The summed E-state index contributed by atoms with van der Waals surface area (Å²) in [6.07, 6.45) is 4.86. The summed E-state index contributed by atoms with van der Waals surface area (Å²) in [5.74, 6) is 1.11. The molecule has 18 heavy (non-hydrogen) atoms. The highest BCUT2D eigenvalue weighted by molar-refractivity contribution is 5.28. The Balaban J connectivity index is 1.46. The van der Waals surface area contributed by atoms with Crippen molar-refractivity contribution >= 4 is 0 Å². The van der Waals surface area contributed by atoms with E-state index >= 15 is 0 Å². The lowest BCUT2D eigenvalue weighted by atomic mass is 9.93. The molecule has 3 fully saturated rings. The first-order chi connectivity index (χ1) is 8.76. The zero-order chi connectivity index (χ0) is 12.2. The summed E-state index contributed by atoms with van der Waals surface area (Å²) in [6, 6.07) is 11.5. The molecule has 1 aromatic rings. The average molecular weight is 243 g/mol. The SMILES string of the molecule is OC1(C2CC2c2ccccc2)CCN(C2CC2)C1. The fraction of sp³-hybridized carbons (Fsp3) is 0.625. The second-order valence-corrected chi connectivity index (χ2v) is 6.41. The van der Waals surface area contributed by atoms with Crippen LogP contribution in [0.1, 0.15) is 37.2 Å². The predicted molar refractivity (Wildman–Crippen MR) is 71.5 cm³/mol. The number of nitrogens with zero attached hydrogens (tertiary/aromatic N) is 1. The van der Waals surface area contributed by atoms with Crippen LogP contribution in [0.5, 0.6) is 0 Å². The van der Waals surface area contributed by atoms with Gasteiger partial charge in [-0.15, -0.1) is 0 Å². The number of benzene rings is 1. The molecular formula is C16H21NO. The van der Waals surface area contributed by atoms with E-state index in [0.717, 1.165) is 25.6 Å². The highest BCUT2D eigenvalue weighted by atomic mass is 16.3. The van der Waals surface area contributed by atoms with Gasteiger partial charge in [-0.3, -0.25) is 4.90 Å². The molecule has 3 atom stereocenters. The van der Waals surface area contributed by atoms with Crippen molar-refractivity contribution in [3.8, 4) is 0 Å². The van der Waals surface area contributed by atoms with E-state index in [1.165, 1.54) is 24.8 Å². The Morgan fingerprint density at radius 1 is 1.17 bits per heavy atom. The molecule has 2 aliphatic carbocycles. The zero-order valence-electron chi connectivity index (χ0n) is 10.8. The van der Waals surface area contributed by atoms with E-state index in [9.17, 15) is 5.11 Å². The lowest BCUT2D eigenvalue weighted by molar-refractivity contribution is 0.0242. The molecule has 3 unspecified atom stereocenters. The van der Waals surface area contributed by atoms with Gasteiger partial charge in [0.1, 0.15) is 0 Å². The normalized spacial score (nSPS) is 40.1. The first kappa shape index (κ1) is 11.0. The summed E-state index contributed by atoms with van der Waals surface area (Å²) in [7, 11) is 0. The Kier molecular flexibility index (Phi) is 2.33. The smallest absolute Gasteiger partial charge is 0.0820 e. The van der Waals surface area contributed by atoms with Gasteiger partial charge in [0, 0.05) is 19.1 Å². The van der Waals surface area contributed by atoms with Crippen LogP contribution < -0.4 is 0 Å². The Labute approximate surface area is 109 Å². The maximum Gasteiger partial charge on any atom is 0.0820 e. The van der Waals surface area contributed by atoms with Gasteiger partial charge >= 0.3 is 0 Å². The van der Waals surface area contributed by atoms with Crippen molar-refractivity contribution in [3.05, 3.63) is 35.9 Å². The Hall–Kier alpha value is -0.860. The molecule has 96 valence electrons. The van der Waals surface area contributed by atoms with Gasteiger partial charge in [-0.25, -0.2) is 0 Å². The van der Waals surface area contributed by atoms with Crippen LogP contribution in [0.15, 0.2) is 30.3 Å². The molecule has 2 nitrogen and oxygen atoms in total. The van der Waals surface area contributed by atoms with Crippen LogP contribution in [-0.2, 0) is 0 Å². The molecule has 0 aromatic heterocycles. The van der Waals surface area contributed by atoms with Crippen LogP contribution in [0.2, 0.25) is 0 Å². The number of β-amino-alcohol motifs (C(OH)–C–C–N with tert-alkyl or cyclic N) is 1. The maximum absolute atomic E-state index is 10.9. The minimum atomic E-state index is -0.400. The highest BCUT2D eigenvalue weighted by Gasteiger charge is 2.56. The molecule has 1 heterocycles. The molecular weight excluding hydrogens is 222 g/mol. The van der Waals surface area contributed by atoms with Gasteiger partial charge in [-0.2, -0.15) is 0 Å². The third-order valence-corrected chi connectivity index (χ3v) is 5.08. The summed E-state index contributed by atoms with van der Waals surface area (Å²) in [5, 5.41) is 10.9. The van der Waals surface area contributed by atoms with Gasteiger partial charge in [0.15, 0.2) is 0 Å². The van der Waals surface area contributed by atoms with Crippen molar-refractivity contribution < 1.29 is 5.11 Å². The number of hydrogen-bond acceptors (Lipinski definition) is 2. The third kappa shape index (κ3) is 1.79. The minimum Gasteiger partial charge on any atom is -0.388 e. The lowest BCUT2D eigenvalue weighted by Gasteiger charge is -2.24. The van der Waals surface area contributed by atoms with Crippen LogP contribution in [0.4, 0.5) is 0 Å². The molecule has 1 N–H and O–H groups in total. The van der Waals surface area contributed by atoms with Crippen LogP contribution >= 0.6 is 0 Å². The number of rotatable bonds is 3. The van der Waals surface area contributed by atoms with Gasteiger partial charge < -0.3 is 5.11 Å². The second kappa shape index (κ2) is 3.82. The number of likely N-dealkylation sites (tertiary alicyclic amines) is 1. The molecule has 3 aliphatic rings. The van der Waals surface area contributed by atoms with Crippen LogP contribution in [0, 0.1) is 5.92 Å². The van der Waals surface area contributed by atoms with Crippen molar-refractivity contribution in [1.29, 1.82) is 0 Å². The number of aliphatic hydroxyl groups is 1. The molecule has 0 amide bonds. The number of hydrogen-bond donors (Lipinski definition) is 1. The van der Waals surface area contributed by atoms with E-state index in [-0.39, 0.29) is 0 Å². The van der Waals surface area contributed by atoms with E-state index in [1.54, 1.807) is 0 Å². The van der Waals surface area contributed by atoms with Gasteiger partial charge in [0.25, 0.3) is 0 Å². The molecule has 1 saturated heterocycles. The van der Waals surface area contributed by atoms with Crippen LogP contribution in [0.3, 0.4) is 0 Å². The van der Waals surface area contributed by atoms with Crippen molar-refractivity contribution in [3.63, 3.8) is 0 Å². The Morgan fingerprint density at radius 2 is 1.94 bits per heavy atom. The van der Waals surface area contributed by atoms with Crippen molar-refractivity contribution in [1.82, 2.24) is 4.90 Å². The predicted octanol–water partition coefficient (Wildman–Crippen LogP) is 2.39. The summed E-state index contributed by atoms with van der Waals surface area (Å²) < 4.78 is 0. The molecule has 1 aliphatic heterocycles. The molecule has 1 aromatic carbocycles. The molecule has 0 spiro atoms. The zero-order valence-corrected chi connectivity index (χ0v) is 10.8. The standard InChI is InChI=1S/C16H21NO/c18-16(8-9-17(11-16)13-6-7-13)15-10-14(15)12-4-2-1-3-5-12/h1-5,13-15,18H,6-11H2. The minimum absolute atomic E-state index is 0.400. The van der Waals surface area contributed by atoms with Crippen LogP contribution in [0.25, 0.3) is 0 Å². The lowest BCUT2D eigenvalue weighted by Crippen LogP contribution is -2.36. The summed E-state index contributed by atoms with van der Waals surface area (Å²) in [4.78, 5) is 2.51. The second-order valence-electron chi connectivity index (χ2n) is 6.41. The summed E-state index contributed by atoms with van der Waals surface area (Å²) in [5.41, 5.74) is 1.02. The molecule has 2 heteroatoms. The van der Waals surface area contributed by atoms with E-state index in [0.29, 0.717) is 11.8 Å².